The van der Waals surface area contributed by atoms with Crippen molar-refractivity contribution in [2.75, 3.05) is 43.0 Å². The maximum absolute atomic E-state index is 13.4. The normalized spacial score (nSPS) is 19.0. The van der Waals surface area contributed by atoms with Crippen LogP contribution in [-0.4, -0.2) is 85.6 Å². The molecule has 0 spiro atoms. The first-order chi connectivity index (χ1) is 16.8. The number of benzene rings is 1. The standard InChI is InChI=1S/C23H33N5O7S/c1-13-10-28(14(2)12-29)22(30)18-9-17(26-36(6,32)33)7-8-19(18)34-20(13)11-27(5)23(31)24-21-15(3)25-35-16(21)4/h7-9,13-14,20,26,29H,10-12H2,1-6H3,(H,24,31)/t13-,14-,20-/m0/s1. The molecule has 0 bridgehead atoms. The van der Waals surface area contributed by atoms with Gasteiger partial charge in [-0.15, -0.1) is 0 Å². The molecule has 3 N–H and O–H groups in total. The van der Waals surface area contributed by atoms with E-state index in [0.29, 0.717) is 17.1 Å². The number of hydrogen-bond acceptors (Lipinski definition) is 8. The molecule has 0 radical (unpaired) electrons. The molecule has 1 aromatic heterocycles. The number of carbonyl (C=O) groups excluding carboxylic acids is 2. The maximum atomic E-state index is 13.4. The zero-order valence-corrected chi connectivity index (χ0v) is 22.0. The fraction of sp³-hybridized carbons (Fsp3) is 0.522. The highest BCUT2D eigenvalue weighted by atomic mass is 32.2. The van der Waals surface area contributed by atoms with Crippen LogP contribution in [0.25, 0.3) is 0 Å². The first kappa shape index (κ1) is 27.3. The van der Waals surface area contributed by atoms with Crippen molar-refractivity contribution >= 4 is 33.3 Å². The van der Waals surface area contributed by atoms with Gasteiger partial charge in [-0.2, -0.15) is 0 Å². The Labute approximate surface area is 210 Å². The van der Waals surface area contributed by atoms with Crippen molar-refractivity contribution in [1.29, 1.82) is 0 Å². The van der Waals surface area contributed by atoms with Crippen LogP contribution in [0.4, 0.5) is 16.2 Å². The molecule has 1 aliphatic heterocycles. The van der Waals surface area contributed by atoms with Gasteiger partial charge < -0.3 is 29.5 Å². The van der Waals surface area contributed by atoms with Gasteiger partial charge in [-0.1, -0.05) is 12.1 Å². The topological polar surface area (TPSA) is 154 Å². The van der Waals surface area contributed by atoms with Gasteiger partial charge in [-0.25, -0.2) is 13.2 Å². The number of aryl methyl sites for hydroxylation is 2. The number of nitrogens with one attached hydrogen (secondary N) is 2. The molecule has 0 unspecified atom stereocenters. The van der Waals surface area contributed by atoms with E-state index in [2.05, 4.69) is 15.2 Å². The van der Waals surface area contributed by atoms with E-state index in [-0.39, 0.29) is 48.6 Å². The van der Waals surface area contributed by atoms with Crippen LogP contribution < -0.4 is 14.8 Å². The summed E-state index contributed by atoms with van der Waals surface area (Å²) in [6.45, 7) is 7.25. The number of sulfonamides is 1. The summed E-state index contributed by atoms with van der Waals surface area (Å²) in [5, 5.41) is 16.4. The molecule has 12 nitrogen and oxygen atoms in total. The van der Waals surface area contributed by atoms with E-state index in [1.54, 1.807) is 27.8 Å². The second kappa shape index (κ2) is 10.7. The number of rotatable bonds is 7. The zero-order valence-electron chi connectivity index (χ0n) is 21.2. The van der Waals surface area contributed by atoms with E-state index in [1.165, 1.54) is 28.0 Å². The van der Waals surface area contributed by atoms with Gasteiger partial charge in [0.05, 0.1) is 31.0 Å². The first-order valence-electron chi connectivity index (χ1n) is 11.5. The minimum atomic E-state index is -3.56. The van der Waals surface area contributed by atoms with Crippen LogP contribution in [0.3, 0.4) is 0 Å². The van der Waals surface area contributed by atoms with E-state index in [0.717, 1.165) is 6.26 Å². The van der Waals surface area contributed by atoms with E-state index >= 15 is 0 Å². The number of aliphatic hydroxyl groups is 1. The van der Waals surface area contributed by atoms with Crippen LogP contribution in [0, 0.1) is 19.8 Å². The maximum Gasteiger partial charge on any atom is 0.321 e. The molecule has 1 aromatic carbocycles. The lowest BCUT2D eigenvalue weighted by Gasteiger charge is -2.38. The van der Waals surface area contributed by atoms with E-state index < -0.39 is 28.1 Å². The summed E-state index contributed by atoms with van der Waals surface area (Å²) in [5.41, 5.74) is 1.43. The number of hydrogen-bond donors (Lipinski definition) is 3. The summed E-state index contributed by atoms with van der Waals surface area (Å²) in [5.74, 6) is 0.146. The van der Waals surface area contributed by atoms with Crippen molar-refractivity contribution in [3.63, 3.8) is 0 Å². The van der Waals surface area contributed by atoms with Gasteiger partial charge in [-0.3, -0.25) is 9.52 Å². The predicted molar refractivity (Wildman–Crippen MR) is 134 cm³/mol. The Hall–Kier alpha value is -3.32. The smallest absolute Gasteiger partial charge is 0.321 e. The van der Waals surface area contributed by atoms with Gasteiger partial charge in [0.25, 0.3) is 5.91 Å². The summed E-state index contributed by atoms with van der Waals surface area (Å²) in [6.07, 6.45) is 0.503. The largest absolute Gasteiger partial charge is 0.487 e. The monoisotopic (exact) mass is 523 g/mol. The van der Waals surface area contributed by atoms with Crippen LogP contribution in [-0.2, 0) is 10.0 Å². The Balaban J connectivity index is 1.90. The lowest BCUT2D eigenvalue weighted by atomic mass is 9.99. The summed E-state index contributed by atoms with van der Waals surface area (Å²) < 4.78 is 37.1. The number of ether oxygens (including phenoxy) is 1. The molecule has 3 rings (SSSR count). The summed E-state index contributed by atoms with van der Waals surface area (Å²) >= 11 is 0. The Morgan fingerprint density at radius 1 is 1.36 bits per heavy atom. The van der Waals surface area contributed by atoms with Crippen LogP contribution in [0.1, 0.15) is 35.7 Å². The Morgan fingerprint density at radius 3 is 2.64 bits per heavy atom. The van der Waals surface area contributed by atoms with Crippen molar-refractivity contribution in [3.05, 3.63) is 35.2 Å². The van der Waals surface area contributed by atoms with Gasteiger partial charge in [0.2, 0.25) is 10.0 Å². The third-order valence-electron chi connectivity index (χ3n) is 6.03. The van der Waals surface area contributed by atoms with Crippen LogP contribution in [0.2, 0.25) is 0 Å². The predicted octanol–water partition coefficient (Wildman–Crippen LogP) is 2.05. The van der Waals surface area contributed by atoms with Crippen molar-refractivity contribution in [2.45, 2.75) is 39.8 Å². The number of nitrogens with zero attached hydrogens (tertiary/aromatic N) is 3. The molecule has 0 aliphatic carbocycles. The number of carbonyl (C=O) groups is 2. The van der Waals surface area contributed by atoms with Crippen molar-refractivity contribution in [1.82, 2.24) is 15.0 Å². The quantitative estimate of drug-likeness (QED) is 0.498. The molecule has 0 saturated carbocycles. The number of aliphatic hydroxyl groups excluding tert-OH is 1. The minimum absolute atomic E-state index is 0.156. The molecule has 0 saturated heterocycles. The molecule has 36 heavy (non-hydrogen) atoms. The molecule has 3 atom stereocenters. The SMILES string of the molecule is Cc1noc(C)c1NC(=O)N(C)C[C@@H]1Oc2ccc(NS(C)(=O)=O)cc2C(=O)N([C@@H](C)CO)C[C@@H]1C. The number of anilines is 2. The van der Waals surface area contributed by atoms with Crippen LogP contribution in [0.5, 0.6) is 5.75 Å². The highest BCUT2D eigenvalue weighted by molar-refractivity contribution is 7.92. The van der Waals surface area contributed by atoms with Gasteiger partial charge in [-0.05, 0) is 39.0 Å². The molecule has 3 amide bonds. The number of aromatic nitrogens is 1. The number of likely N-dealkylation sites (N-methyl/N-ethyl adjacent to an activating group) is 1. The first-order valence-corrected chi connectivity index (χ1v) is 13.3. The molecule has 2 heterocycles. The van der Waals surface area contributed by atoms with Gasteiger partial charge in [0.1, 0.15) is 23.2 Å². The molecular formula is C23H33N5O7S. The lowest BCUT2D eigenvalue weighted by molar-refractivity contribution is 0.0371. The third-order valence-corrected chi connectivity index (χ3v) is 6.64. The summed E-state index contributed by atoms with van der Waals surface area (Å²) in [7, 11) is -1.94. The van der Waals surface area contributed by atoms with Crippen molar-refractivity contribution in [3.8, 4) is 5.75 Å². The Morgan fingerprint density at radius 2 is 2.06 bits per heavy atom. The highest BCUT2D eigenvalue weighted by Gasteiger charge is 2.34. The minimum Gasteiger partial charge on any atom is -0.487 e. The average Bonchev–Trinajstić information content (AvgIpc) is 3.12. The summed E-state index contributed by atoms with van der Waals surface area (Å²) in [6, 6.07) is 3.57. The molecule has 13 heteroatoms. The number of fused-ring (bicyclic) bond motifs is 1. The van der Waals surface area contributed by atoms with Crippen molar-refractivity contribution in [2.24, 2.45) is 5.92 Å². The van der Waals surface area contributed by atoms with Crippen molar-refractivity contribution < 1.29 is 32.4 Å². The second-order valence-corrected chi connectivity index (χ2v) is 11.0. The lowest BCUT2D eigenvalue weighted by Crippen LogP contribution is -2.50. The number of amides is 3. The molecule has 2 aromatic rings. The third kappa shape index (κ3) is 6.26. The molecule has 198 valence electrons. The fourth-order valence-electron chi connectivity index (χ4n) is 3.93. The summed E-state index contributed by atoms with van der Waals surface area (Å²) in [4.78, 5) is 29.3. The molecule has 1 aliphatic rings. The van der Waals surface area contributed by atoms with Gasteiger partial charge >= 0.3 is 6.03 Å². The van der Waals surface area contributed by atoms with E-state index in [9.17, 15) is 23.1 Å². The highest BCUT2D eigenvalue weighted by Crippen LogP contribution is 2.31. The number of urea groups is 1. The van der Waals surface area contributed by atoms with Crippen LogP contribution >= 0.6 is 0 Å². The Bertz CT molecular complexity index is 1210. The molecule has 0 fully saturated rings. The van der Waals surface area contributed by atoms with Crippen LogP contribution in [0.15, 0.2) is 22.7 Å². The Kier molecular flexibility index (Phi) is 8.14. The van der Waals surface area contributed by atoms with E-state index in [1.807, 2.05) is 6.92 Å². The zero-order chi connectivity index (χ0) is 26.8. The molecular weight excluding hydrogens is 490 g/mol. The van der Waals surface area contributed by atoms with Gasteiger partial charge in [0, 0.05) is 25.2 Å². The fourth-order valence-corrected chi connectivity index (χ4v) is 4.49. The average molecular weight is 524 g/mol. The van der Waals surface area contributed by atoms with E-state index in [4.69, 9.17) is 9.26 Å². The van der Waals surface area contributed by atoms with Gasteiger partial charge in [0.15, 0.2) is 5.76 Å². The second-order valence-electron chi connectivity index (χ2n) is 9.22.